The highest BCUT2D eigenvalue weighted by Crippen LogP contribution is 2.34. The molecule has 2 N–H and O–H groups in total. The van der Waals surface area contributed by atoms with Crippen molar-refractivity contribution in [2.75, 3.05) is 10.6 Å². The third kappa shape index (κ3) is 6.00. The quantitative estimate of drug-likeness (QED) is 0.274. The van der Waals surface area contributed by atoms with Crippen molar-refractivity contribution < 1.29 is 23.9 Å². The summed E-state index contributed by atoms with van der Waals surface area (Å²) in [6.07, 6.45) is -0.763. The molecule has 0 saturated carbocycles. The van der Waals surface area contributed by atoms with Crippen molar-refractivity contribution in [3.05, 3.63) is 81.7 Å². The van der Waals surface area contributed by atoms with E-state index in [1.807, 2.05) is 61.0 Å². The second kappa shape index (κ2) is 10.5. The molecule has 2 amide bonds. The standard InChI is InChI=1S/C28H29N3O5S/c1-17-11-12-22-20(13-17)23(30-26(33)29-21-16-37-15-18(21)2)24(25(32)36-28(3,4)5)31(22)27(34)35-14-19-9-7-6-8-10-19/h6-13,15-16H,14H2,1-5H3,(H2,29,30,33). The number of nitrogens with one attached hydrogen (secondary N) is 2. The van der Waals surface area contributed by atoms with Crippen LogP contribution in [0.3, 0.4) is 0 Å². The van der Waals surface area contributed by atoms with E-state index in [1.165, 1.54) is 11.3 Å². The number of hydrogen-bond acceptors (Lipinski definition) is 6. The van der Waals surface area contributed by atoms with Gasteiger partial charge in [-0.25, -0.2) is 19.0 Å². The maximum absolute atomic E-state index is 13.5. The van der Waals surface area contributed by atoms with Gasteiger partial charge in [0.25, 0.3) is 0 Å². The summed E-state index contributed by atoms with van der Waals surface area (Å²) >= 11 is 1.46. The van der Waals surface area contributed by atoms with Gasteiger partial charge in [0.15, 0.2) is 5.69 Å². The number of carbonyl (C=O) groups is 3. The van der Waals surface area contributed by atoms with Crippen LogP contribution < -0.4 is 10.6 Å². The van der Waals surface area contributed by atoms with Gasteiger partial charge in [-0.2, -0.15) is 0 Å². The molecule has 2 aromatic heterocycles. The van der Waals surface area contributed by atoms with Crippen molar-refractivity contribution in [2.45, 2.75) is 46.8 Å². The van der Waals surface area contributed by atoms with Crippen LogP contribution in [0, 0.1) is 13.8 Å². The molecule has 0 aliphatic carbocycles. The first-order chi connectivity index (χ1) is 17.5. The van der Waals surface area contributed by atoms with Gasteiger partial charge in [-0.1, -0.05) is 42.0 Å². The van der Waals surface area contributed by atoms with E-state index in [0.717, 1.165) is 21.3 Å². The Balaban J connectivity index is 1.80. The Morgan fingerprint density at radius 1 is 0.973 bits per heavy atom. The highest BCUT2D eigenvalue weighted by molar-refractivity contribution is 7.08. The molecule has 0 unspecified atom stereocenters. The number of aromatic nitrogens is 1. The van der Waals surface area contributed by atoms with Crippen LogP contribution in [0.2, 0.25) is 0 Å². The molecule has 2 aromatic carbocycles. The number of thiophene rings is 1. The Morgan fingerprint density at radius 2 is 1.70 bits per heavy atom. The molecule has 0 radical (unpaired) electrons. The zero-order valence-corrected chi connectivity index (χ0v) is 22.2. The number of rotatable bonds is 5. The van der Waals surface area contributed by atoms with Crippen LogP contribution in [0.4, 0.5) is 21.0 Å². The van der Waals surface area contributed by atoms with E-state index < -0.39 is 23.7 Å². The Bertz CT molecular complexity index is 1460. The van der Waals surface area contributed by atoms with E-state index >= 15 is 0 Å². The zero-order chi connectivity index (χ0) is 26.7. The van der Waals surface area contributed by atoms with Gasteiger partial charge >= 0.3 is 18.1 Å². The molecule has 4 rings (SSSR count). The van der Waals surface area contributed by atoms with Gasteiger partial charge in [0.05, 0.1) is 16.9 Å². The largest absolute Gasteiger partial charge is 0.455 e. The number of ether oxygens (including phenoxy) is 2. The van der Waals surface area contributed by atoms with Crippen molar-refractivity contribution in [3.63, 3.8) is 0 Å². The first-order valence-corrected chi connectivity index (χ1v) is 12.7. The lowest BCUT2D eigenvalue weighted by atomic mass is 10.1. The van der Waals surface area contributed by atoms with Gasteiger partial charge in [0.2, 0.25) is 0 Å². The summed E-state index contributed by atoms with van der Waals surface area (Å²) < 4.78 is 12.4. The summed E-state index contributed by atoms with van der Waals surface area (Å²) in [5.41, 5.74) is 2.86. The van der Waals surface area contributed by atoms with Gasteiger partial charge in [0.1, 0.15) is 12.2 Å². The SMILES string of the molecule is Cc1ccc2c(c1)c(NC(=O)Nc1cscc1C)c(C(=O)OC(C)(C)C)n2C(=O)OCc1ccccc1. The highest BCUT2D eigenvalue weighted by Gasteiger charge is 2.32. The third-order valence-corrected chi connectivity index (χ3v) is 6.31. The van der Waals surface area contributed by atoms with Crippen LogP contribution in [-0.2, 0) is 16.1 Å². The summed E-state index contributed by atoms with van der Waals surface area (Å²) in [4.78, 5) is 39.9. The molecular weight excluding hydrogens is 490 g/mol. The number of anilines is 2. The van der Waals surface area contributed by atoms with Crippen molar-refractivity contribution >= 4 is 51.7 Å². The van der Waals surface area contributed by atoms with E-state index in [4.69, 9.17) is 9.47 Å². The Labute approximate surface area is 219 Å². The van der Waals surface area contributed by atoms with Crippen molar-refractivity contribution in [1.82, 2.24) is 4.57 Å². The first kappa shape index (κ1) is 26.0. The molecular formula is C28H29N3O5S. The fourth-order valence-electron chi connectivity index (χ4n) is 3.78. The lowest BCUT2D eigenvalue weighted by Gasteiger charge is -2.20. The molecule has 0 bridgehead atoms. The van der Waals surface area contributed by atoms with Crippen molar-refractivity contribution in [3.8, 4) is 0 Å². The second-order valence-corrected chi connectivity index (χ2v) is 10.4. The van der Waals surface area contributed by atoms with Gasteiger partial charge < -0.3 is 20.1 Å². The molecule has 192 valence electrons. The number of nitrogens with zero attached hydrogens (tertiary/aromatic N) is 1. The number of fused-ring (bicyclic) bond motifs is 1. The smallest absolute Gasteiger partial charge is 0.419 e. The Morgan fingerprint density at radius 3 is 2.35 bits per heavy atom. The molecule has 0 spiro atoms. The lowest BCUT2D eigenvalue weighted by molar-refractivity contribution is 0.00586. The van der Waals surface area contributed by atoms with E-state index in [1.54, 1.807) is 32.9 Å². The summed E-state index contributed by atoms with van der Waals surface area (Å²) in [5.74, 6) is -0.764. The fourth-order valence-corrected chi connectivity index (χ4v) is 4.56. The number of esters is 1. The molecule has 0 saturated heterocycles. The summed E-state index contributed by atoms with van der Waals surface area (Å²) in [6.45, 7) is 8.98. The van der Waals surface area contributed by atoms with Gasteiger partial charge in [-0.15, -0.1) is 11.3 Å². The third-order valence-electron chi connectivity index (χ3n) is 5.44. The second-order valence-electron chi connectivity index (χ2n) is 9.67. The predicted molar refractivity (Wildman–Crippen MR) is 146 cm³/mol. The molecule has 0 atom stereocenters. The first-order valence-electron chi connectivity index (χ1n) is 11.7. The highest BCUT2D eigenvalue weighted by atomic mass is 32.1. The lowest BCUT2D eigenvalue weighted by Crippen LogP contribution is -2.29. The van der Waals surface area contributed by atoms with Crippen LogP contribution in [0.1, 0.15) is 48.0 Å². The van der Waals surface area contributed by atoms with Crippen LogP contribution in [0.25, 0.3) is 10.9 Å². The molecule has 4 aromatic rings. The Hall–Kier alpha value is -4.11. The minimum Gasteiger partial charge on any atom is -0.455 e. The van der Waals surface area contributed by atoms with Crippen LogP contribution in [0.5, 0.6) is 0 Å². The molecule has 0 fully saturated rings. The predicted octanol–water partition coefficient (Wildman–Crippen LogP) is 7.10. The normalized spacial score (nSPS) is 11.3. The van der Waals surface area contributed by atoms with Crippen molar-refractivity contribution in [1.29, 1.82) is 0 Å². The van der Waals surface area contributed by atoms with E-state index in [9.17, 15) is 14.4 Å². The van der Waals surface area contributed by atoms with Gasteiger partial charge in [-0.05, 0) is 63.3 Å². The topological polar surface area (TPSA) is 98.7 Å². The summed E-state index contributed by atoms with van der Waals surface area (Å²) in [5, 5.41) is 9.83. The molecule has 0 aliphatic rings. The number of benzene rings is 2. The van der Waals surface area contributed by atoms with Crippen LogP contribution >= 0.6 is 11.3 Å². The number of carbonyl (C=O) groups excluding carboxylic acids is 3. The fraction of sp³-hybridized carbons (Fsp3) is 0.250. The maximum Gasteiger partial charge on any atom is 0.419 e. The van der Waals surface area contributed by atoms with Gasteiger partial charge in [-0.3, -0.25) is 0 Å². The van der Waals surface area contributed by atoms with Gasteiger partial charge in [0, 0.05) is 10.8 Å². The zero-order valence-electron chi connectivity index (χ0n) is 21.4. The van der Waals surface area contributed by atoms with Crippen LogP contribution in [0.15, 0.2) is 59.3 Å². The number of hydrogen-bond donors (Lipinski definition) is 2. The van der Waals surface area contributed by atoms with Crippen molar-refractivity contribution in [2.24, 2.45) is 0 Å². The summed E-state index contributed by atoms with van der Waals surface area (Å²) in [7, 11) is 0. The average molecular weight is 520 g/mol. The number of urea groups is 1. The average Bonchev–Trinajstić information content (AvgIpc) is 3.37. The number of aryl methyl sites for hydroxylation is 2. The number of amides is 2. The summed E-state index contributed by atoms with van der Waals surface area (Å²) in [6, 6.07) is 14.0. The molecule has 9 heteroatoms. The van der Waals surface area contributed by atoms with E-state index in [-0.39, 0.29) is 18.0 Å². The minimum absolute atomic E-state index is 0.0135. The van der Waals surface area contributed by atoms with Crippen LogP contribution in [-0.4, -0.2) is 28.3 Å². The molecule has 0 aliphatic heterocycles. The maximum atomic E-state index is 13.5. The van der Waals surface area contributed by atoms with E-state index in [2.05, 4.69) is 10.6 Å². The minimum atomic E-state index is -0.838. The molecule has 2 heterocycles. The monoisotopic (exact) mass is 519 g/mol. The Kier molecular flexibility index (Phi) is 7.35. The van der Waals surface area contributed by atoms with E-state index in [0.29, 0.717) is 16.6 Å². The molecule has 37 heavy (non-hydrogen) atoms. The molecule has 8 nitrogen and oxygen atoms in total.